The normalized spacial score (nSPS) is 20.9. The molecule has 1 saturated heterocycles. The average Bonchev–Trinajstić information content (AvgIpc) is 2.60. The first kappa shape index (κ1) is 11.5. The maximum absolute atomic E-state index is 11.4. The van der Waals surface area contributed by atoms with Crippen molar-refractivity contribution in [2.24, 2.45) is 0 Å². The number of amides is 1. The van der Waals surface area contributed by atoms with Gasteiger partial charge in [-0.05, 0) is 17.0 Å². The van der Waals surface area contributed by atoms with Crippen LogP contribution in [-0.2, 0) is 4.79 Å². The van der Waals surface area contributed by atoms with Crippen LogP contribution in [0.1, 0.15) is 36.3 Å². The van der Waals surface area contributed by atoms with Gasteiger partial charge in [-0.2, -0.15) is 0 Å². The van der Waals surface area contributed by atoms with Crippen molar-refractivity contribution < 1.29 is 4.79 Å². The second-order valence-electron chi connectivity index (χ2n) is 4.49. The van der Waals surface area contributed by atoms with Crippen molar-refractivity contribution >= 4 is 17.7 Å². The average molecular weight is 235 g/mol. The molecule has 1 fully saturated rings. The van der Waals surface area contributed by atoms with Crippen LogP contribution in [0.4, 0.5) is 0 Å². The van der Waals surface area contributed by atoms with E-state index in [1.165, 1.54) is 11.1 Å². The van der Waals surface area contributed by atoms with Crippen LogP contribution >= 0.6 is 11.8 Å². The molecule has 0 aliphatic carbocycles. The molecule has 1 aliphatic heterocycles. The Morgan fingerprint density at radius 2 is 1.94 bits per heavy atom. The Labute approximate surface area is 101 Å². The second-order valence-corrected chi connectivity index (χ2v) is 5.56. The van der Waals surface area contributed by atoms with Crippen molar-refractivity contribution in [1.82, 2.24) is 4.90 Å². The van der Waals surface area contributed by atoms with E-state index in [0.29, 0.717) is 11.7 Å². The lowest BCUT2D eigenvalue weighted by molar-refractivity contribution is -0.126. The van der Waals surface area contributed by atoms with Gasteiger partial charge in [0.2, 0.25) is 5.91 Å². The van der Waals surface area contributed by atoms with Gasteiger partial charge < -0.3 is 4.90 Å². The number of thioether (sulfide) groups is 1. The second kappa shape index (κ2) is 4.50. The molecule has 2 rings (SSSR count). The van der Waals surface area contributed by atoms with Gasteiger partial charge in [0.1, 0.15) is 5.37 Å². The smallest absolute Gasteiger partial charge is 0.233 e. The van der Waals surface area contributed by atoms with Gasteiger partial charge in [-0.3, -0.25) is 4.79 Å². The third-order valence-corrected chi connectivity index (χ3v) is 4.32. The number of carbonyl (C=O) groups is 1. The predicted octanol–water partition coefficient (Wildman–Crippen LogP) is 3.01. The van der Waals surface area contributed by atoms with E-state index in [1.807, 2.05) is 11.9 Å². The van der Waals surface area contributed by atoms with Gasteiger partial charge in [-0.1, -0.05) is 38.1 Å². The molecule has 86 valence electrons. The molecular formula is C13H17NOS. The molecule has 0 N–H and O–H groups in total. The van der Waals surface area contributed by atoms with Crippen molar-refractivity contribution in [2.45, 2.75) is 25.1 Å². The Hall–Kier alpha value is -0.960. The summed E-state index contributed by atoms with van der Waals surface area (Å²) < 4.78 is 0. The lowest BCUT2D eigenvalue weighted by Crippen LogP contribution is -2.22. The monoisotopic (exact) mass is 235 g/mol. The molecule has 0 unspecified atom stereocenters. The number of carbonyl (C=O) groups excluding carboxylic acids is 1. The molecule has 1 atom stereocenters. The van der Waals surface area contributed by atoms with Crippen LogP contribution in [0.25, 0.3) is 0 Å². The molecule has 0 saturated carbocycles. The summed E-state index contributed by atoms with van der Waals surface area (Å²) >= 11 is 1.70. The zero-order valence-electron chi connectivity index (χ0n) is 9.93. The molecule has 1 aromatic carbocycles. The fraction of sp³-hybridized carbons (Fsp3) is 0.462. The van der Waals surface area contributed by atoms with E-state index < -0.39 is 0 Å². The van der Waals surface area contributed by atoms with Crippen molar-refractivity contribution in [1.29, 1.82) is 0 Å². The van der Waals surface area contributed by atoms with Gasteiger partial charge in [0.25, 0.3) is 0 Å². The molecule has 3 heteroatoms. The van der Waals surface area contributed by atoms with Crippen molar-refractivity contribution in [2.75, 3.05) is 12.8 Å². The van der Waals surface area contributed by atoms with Gasteiger partial charge >= 0.3 is 0 Å². The minimum absolute atomic E-state index is 0.203. The summed E-state index contributed by atoms with van der Waals surface area (Å²) in [4.78, 5) is 13.3. The largest absolute Gasteiger partial charge is 0.329 e. The van der Waals surface area contributed by atoms with E-state index in [4.69, 9.17) is 0 Å². The summed E-state index contributed by atoms with van der Waals surface area (Å²) in [7, 11) is 1.88. The van der Waals surface area contributed by atoms with E-state index in [1.54, 1.807) is 11.8 Å². The molecule has 0 aromatic heterocycles. The maximum Gasteiger partial charge on any atom is 0.233 e. The number of hydrogen-bond donors (Lipinski definition) is 0. The highest BCUT2D eigenvalue weighted by molar-refractivity contribution is 8.00. The fourth-order valence-corrected chi connectivity index (χ4v) is 3.05. The fourth-order valence-electron chi connectivity index (χ4n) is 1.86. The van der Waals surface area contributed by atoms with E-state index in [0.717, 1.165) is 0 Å². The number of benzene rings is 1. The molecule has 2 nitrogen and oxygen atoms in total. The molecule has 1 heterocycles. The minimum atomic E-state index is 0.203. The summed E-state index contributed by atoms with van der Waals surface area (Å²) in [5.74, 6) is 1.39. The maximum atomic E-state index is 11.4. The first-order valence-corrected chi connectivity index (χ1v) is 6.61. The van der Waals surface area contributed by atoms with Crippen LogP contribution in [0.15, 0.2) is 24.3 Å². The van der Waals surface area contributed by atoms with E-state index in [-0.39, 0.29) is 11.3 Å². The van der Waals surface area contributed by atoms with Gasteiger partial charge in [-0.25, -0.2) is 0 Å². The number of rotatable bonds is 2. The lowest BCUT2D eigenvalue weighted by Gasteiger charge is -2.19. The topological polar surface area (TPSA) is 20.3 Å². The Kier molecular flexibility index (Phi) is 3.24. The molecule has 1 aromatic rings. The molecule has 0 bridgehead atoms. The number of nitrogens with zero attached hydrogens (tertiary/aromatic N) is 1. The van der Waals surface area contributed by atoms with Gasteiger partial charge in [0, 0.05) is 7.05 Å². The van der Waals surface area contributed by atoms with Gasteiger partial charge in [-0.15, -0.1) is 11.8 Å². The Balaban J connectivity index is 2.19. The highest BCUT2D eigenvalue weighted by Gasteiger charge is 2.29. The summed E-state index contributed by atoms with van der Waals surface area (Å²) in [6, 6.07) is 8.61. The summed E-state index contributed by atoms with van der Waals surface area (Å²) in [6.07, 6.45) is 0. The highest BCUT2D eigenvalue weighted by Crippen LogP contribution is 2.37. The van der Waals surface area contributed by atoms with Crippen LogP contribution in [-0.4, -0.2) is 23.6 Å². The van der Waals surface area contributed by atoms with E-state index in [2.05, 4.69) is 38.1 Å². The zero-order chi connectivity index (χ0) is 11.7. The standard InChI is InChI=1S/C13H17NOS/c1-9(2)10-4-6-11(7-5-10)13-14(3)12(15)8-16-13/h4-7,9,13H,8H2,1-3H3/t13-/m1/s1. The van der Waals surface area contributed by atoms with Crippen molar-refractivity contribution in [3.8, 4) is 0 Å². The molecular weight excluding hydrogens is 218 g/mol. The third kappa shape index (κ3) is 2.09. The predicted molar refractivity (Wildman–Crippen MR) is 68.5 cm³/mol. The molecule has 1 aliphatic rings. The Morgan fingerprint density at radius 1 is 1.31 bits per heavy atom. The first-order chi connectivity index (χ1) is 7.59. The Morgan fingerprint density at radius 3 is 2.38 bits per heavy atom. The third-order valence-electron chi connectivity index (χ3n) is 3.00. The zero-order valence-corrected chi connectivity index (χ0v) is 10.8. The van der Waals surface area contributed by atoms with Gasteiger partial charge in [0.15, 0.2) is 0 Å². The minimum Gasteiger partial charge on any atom is -0.329 e. The summed E-state index contributed by atoms with van der Waals surface area (Å²) in [5, 5.41) is 0.203. The Bertz CT molecular complexity index is 385. The van der Waals surface area contributed by atoms with E-state index >= 15 is 0 Å². The van der Waals surface area contributed by atoms with E-state index in [9.17, 15) is 4.79 Å². The van der Waals surface area contributed by atoms with Crippen LogP contribution in [0.2, 0.25) is 0 Å². The highest BCUT2D eigenvalue weighted by atomic mass is 32.2. The first-order valence-electron chi connectivity index (χ1n) is 5.56. The van der Waals surface area contributed by atoms with Crippen molar-refractivity contribution in [3.63, 3.8) is 0 Å². The van der Waals surface area contributed by atoms with Crippen LogP contribution in [0.5, 0.6) is 0 Å². The van der Waals surface area contributed by atoms with Crippen LogP contribution in [0.3, 0.4) is 0 Å². The van der Waals surface area contributed by atoms with Gasteiger partial charge in [0.05, 0.1) is 5.75 Å². The molecule has 0 spiro atoms. The lowest BCUT2D eigenvalue weighted by atomic mass is 10.0. The quantitative estimate of drug-likeness (QED) is 0.785. The summed E-state index contributed by atoms with van der Waals surface area (Å²) in [5.41, 5.74) is 2.57. The molecule has 0 radical (unpaired) electrons. The molecule has 16 heavy (non-hydrogen) atoms. The summed E-state index contributed by atoms with van der Waals surface area (Å²) in [6.45, 7) is 4.38. The van der Waals surface area contributed by atoms with Crippen LogP contribution in [0, 0.1) is 0 Å². The van der Waals surface area contributed by atoms with Crippen molar-refractivity contribution in [3.05, 3.63) is 35.4 Å². The molecule has 1 amide bonds. The number of hydrogen-bond acceptors (Lipinski definition) is 2. The SMILES string of the molecule is CC(C)c1ccc([C@H]2SCC(=O)N2C)cc1. The van der Waals surface area contributed by atoms with Crippen LogP contribution < -0.4 is 0 Å².